The summed E-state index contributed by atoms with van der Waals surface area (Å²) >= 11 is -4.45. The second-order valence-electron chi connectivity index (χ2n) is 11.4. The molecule has 0 saturated heterocycles. The van der Waals surface area contributed by atoms with Crippen molar-refractivity contribution in [1.82, 2.24) is 0 Å². The van der Waals surface area contributed by atoms with Crippen molar-refractivity contribution in [1.29, 1.82) is 0 Å². The third-order valence-electron chi connectivity index (χ3n) is 10.1. The fourth-order valence-corrected chi connectivity index (χ4v) is 30.1. The molecule has 0 radical (unpaired) electrons. The summed E-state index contributed by atoms with van der Waals surface area (Å²) in [7, 11) is 0. The van der Waals surface area contributed by atoms with Gasteiger partial charge in [-0.2, -0.15) is 0 Å². The van der Waals surface area contributed by atoms with E-state index in [1.807, 2.05) is 0 Å². The van der Waals surface area contributed by atoms with Gasteiger partial charge in [0.1, 0.15) is 0 Å². The molecule has 7 heteroatoms. The molecule has 0 nitrogen and oxygen atoms in total. The summed E-state index contributed by atoms with van der Waals surface area (Å²) in [6.45, 7) is 0. The van der Waals surface area contributed by atoms with Crippen LogP contribution in [0.1, 0.15) is 64.2 Å². The Bertz CT molecular complexity index is 886. The Balaban J connectivity index is 1.64. The van der Waals surface area contributed by atoms with Gasteiger partial charge in [-0.05, 0) is 0 Å². The molecule has 0 N–H and O–H groups in total. The van der Waals surface area contributed by atoms with Gasteiger partial charge in [-0.3, -0.25) is 0 Å². The Morgan fingerprint density at radius 2 is 1.03 bits per heavy atom. The van der Waals surface area contributed by atoms with E-state index in [0.29, 0.717) is 30.2 Å². The summed E-state index contributed by atoms with van der Waals surface area (Å²) in [4.78, 5) is 0. The standard InChI is InChI=1S/2C7H11.2C6H4F3.Zr/c2*1-2-7-4-3-6(1)5-7;2*7-6(8,9)5-3-1-2-4-5;/h2*1,6-7H,2-5H2;2*1,3H,2H2;. The number of hydrogen-bond acceptors (Lipinski definition) is 0. The molecule has 4 bridgehead atoms. The summed E-state index contributed by atoms with van der Waals surface area (Å²) in [5.41, 5.74) is -1.13. The molecule has 0 aromatic heterocycles. The molecule has 6 rings (SSSR count). The molecule has 33 heavy (non-hydrogen) atoms. The number of alkyl halides is 6. The van der Waals surface area contributed by atoms with E-state index < -0.39 is 43.8 Å². The van der Waals surface area contributed by atoms with Crippen molar-refractivity contribution in [2.45, 2.75) is 83.8 Å². The van der Waals surface area contributed by atoms with Crippen LogP contribution in [0, 0.1) is 23.7 Å². The molecular formula is C26H30F6Zr. The topological polar surface area (TPSA) is 0 Å². The van der Waals surface area contributed by atoms with Crippen molar-refractivity contribution in [3.8, 4) is 0 Å². The maximum atomic E-state index is 14.4. The molecule has 4 saturated carbocycles. The average molecular weight is 548 g/mol. The van der Waals surface area contributed by atoms with E-state index in [-0.39, 0.29) is 20.1 Å². The molecule has 0 aromatic carbocycles. The Morgan fingerprint density at radius 3 is 1.33 bits per heavy atom. The van der Waals surface area contributed by atoms with Gasteiger partial charge >= 0.3 is 196 Å². The van der Waals surface area contributed by atoms with Crippen LogP contribution in [0.3, 0.4) is 0 Å². The van der Waals surface area contributed by atoms with E-state index in [0.717, 1.165) is 51.4 Å². The monoisotopic (exact) mass is 546 g/mol. The molecule has 6 aliphatic rings. The Kier molecular flexibility index (Phi) is 5.34. The Hall–Kier alpha value is -0.577. The molecular weight excluding hydrogens is 517 g/mol. The van der Waals surface area contributed by atoms with E-state index in [4.69, 9.17) is 0 Å². The zero-order chi connectivity index (χ0) is 23.2. The van der Waals surface area contributed by atoms with E-state index in [2.05, 4.69) is 0 Å². The summed E-state index contributed by atoms with van der Waals surface area (Å²) < 4.78 is 87.4. The predicted octanol–water partition coefficient (Wildman–Crippen LogP) is 8.91. The van der Waals surface area contributed by atoms with Gasteiger partial charge in [-0.25, -0.2) is 0 Å². The fourth-order valence-electron chi connectivity index (χ4n) is 9.28. The minimum atomic E-state index is -4.50. The zero-order valence-corrected chi connectivity index (χ0v) is 21.1. The van der Waals surface area contributed by atoms with Gasteiger partial charge in [-0.15, -0.1) is 0 Å². The van der Waals surface area contributed by atoms with Gasteiger partial charge in [0.05, 0.1) is 0 Å². The molecule has 0 aromatic rings. The van der Waals surface area contributed by atoms with E-state index in [1.54, 1.807) is 12.2 Å². The summed E-state index contributed by atoms with van der Waals surface area (Å²) in [6.07, 6.45) is 5.06. The van der Waals surface area contributed by atoms with E-state index in [9.17, 15) is 26.3 Å². The minimum absolute atomic E-state index is 0.0990. The number of rotatable bonds is 4. The zero-order valence-electron chi connectivity index (χ0n) is 18.6. The van der Waals surface area contributed by atoms with Crippen molar-refractivity contribution in [3.63, 3.8) is 0 Å². The Morgan fingerprint density at radius 1 is 0.606 bits per heavy atom. The molecule has 180 valence electrons. The van der Waals surface area contributed by atoms with Crippen molar-refractivity contribution >= 4 is 0 Å². The second-order valence-corrected chi connectivity index (χ2v) is 22.3. The molecule has 0 amide bonds. The molecule has 0 heterocycles. The fraction of sp³-hybridized carbons (Fsp3) is 0.692. The van der Waals surface area contributed by atoms with Crippen molar-refractivity contribution in [2.24, 2.45) is 23.7 Å². The number of hydrogen-bond donors (Lipinski definition) is 0. The van der Waals surface area contributed by atoms with E-state index in [1.165, 1.54) is 12.2 Å². The van der Waals surface area contributed by atoms with Crippen LogP contribution in [0.25, 0.3) is 0 Å². The molecule has 4 fully saturated rings. The summed E-state index contributed by atoms with van der Waals surface area (Å²) in [5.74, 6) is 1.66. The first-order chi connectivity index (χ1) is 15.6. The Labute approximate surface area is 195 Å². The molecule has 6 aliphatic carbocycles. The second kappa shape index (κ2) is 7.71. The quantitative estimate of drug-likeness (QED) is 0.308. The maximum absolute atomic E-state index is 14.4. The van der Waals surface area contributed by atoms with Crippen LogP contribution in [0.2, 0.25) is 7.25 Å². The van der Waals surface area contributed by atoms with Crippen LogP contribution in [0.4, 0.5) is 26.3 Å². The van der Waals surface area contributed by atoms with Crippen molar-refractivity contribution in [2.75, 3.05) is 0 Å². The predicted molar refractivity (Wildman–Crippen MR) is 112 cm³/mol. The van der Waals surface area contributed by atoms with Gasteiger partial charge in [0.15, 0.2) is 0 Å². The average Bonchev–Trinajstić information content (AvgIpc) is 3.58. The van der Waals surface area contributed by atoms with Crippen LogP contribution >= 0.6 is 0 Å². The number of halogens is 6. The first-order valence-corrected chi connectivity index (χ1v) is 17.8. The van der Waals surface area contributed by atoms with Crippen LogP contribution in [-0.4, -0.2) is 12.4 Å². The van der Waals surface area contributed by atoms with Gasteiger partial charge in [0, 0.05) is 0 Å². The van der Waals surface area contributed by atoms with Crippen molar-refractivity contribution < 1.29 is 46.6 Å². The van der Waals surface area contributed by atoms with Crippen LogP contribution in [0.15, 0.2) is 42.0 Å². The third kappa shape index (κ3) is 3.40. The molecule has 6 atom stereocenters. The van der Waals surface area contributed by atoms with Gasteiger partial charge in [0.25, 0.3) is 0 Å². The van der Waals surface area contributed by atoms with Crippen molar-refractivity contribution in [3.05, 3.63) is 42.0 Å². The van der Waals surface area contributed by atoms with Gasteiger partial charge in [0.2, 0.25) is 0 Å². The van der Waals surface area contributed by atoms with Crippen LogP contribution in [-0.2, 0) is 20.3 Å². The SMILES string of the molecule is FC(F)(F)C1=[C]([Zr]([C]2=C(C(F)(F)F)C=CC2)([CH]2CC3CCC2C3)[CH]2CC3CCC2C3)CC=C1. The van der Waals surface area contributed by atoms with Crippen LogP contribution in [0.5, 0.6) is 0 Å². The normalized spacial score (nSPS) is 38.1. The molecule has 0 aliphatic heterocycles. The van der Waals surface area contributed by atoms with Gasteiger partial charge < -0.3 is 0 Å². The number of fused-ring (bicyclic) bond motifs is 4. The molecule has 0 spiro atoms. The summed E-state index contributed by atoms with van der Waals surface area (Å²) in [5, 5.41) is 0. The van der Waals surface area contributed by atoms with Gasteiger partial charge in [-0.1, -0.05) is 0 Å². The first-order valence-electron chi connectivity index (χ1n) is 12.5. The first kappa shape index (κ1) is 22.9. The summed E-state index contributed by atoms with van der Waals surface area (Å²) in [6, 6.07) is 0. The van der Waals surface area contributed by atoms with E-state index >= 15 is 0 Å². The number of allylic oxidation sites excluding steroid dienone is 8. The third-order valence-corrected chi connectivity index (χ3v) is 26.6. The molecule has 6 unspecified atom stereocenters. The van der Waals surface area contributed by atoms with Crippen LogP contribution < -0.4 is 0 Å².